The molecule has 0 fully saturated rings. The van der Waals surface area contributed by atoms with Crippen LogP contribution in [0.15, 0.2) is 42.5 Å². The van der Waals surface area contributed by atoms with Gasteiger partial charge in [-0.3, -0.25) is 9.59 Å². The monoisotopic (exact) mass is 356 g/mol. The molecule has 0 aliphatic carbocycles. The molecule has 0 radical (unpaired) electrons. The van der Waals surface area contributed by atoms with Crippen molar-refractivity contribution in [3.8, 4) is 11.8 Å². The molecule has 0 saturated carbocycles. The number of ether oxygens (including phenoxy) is 1. The third-order valence-electron chi connectivity index (χ3n) is 4.10. The van der Waals surface area contributed by atoms with Gasteiger partial charge in [0.15, 0.2) is 5.78 Å². The molecule has 0 aliphatic heterocycles. The van der Waals surface area contributed by atoms with Gasteiger partial charge in [-0.2, -0.15) is 0 Å². The van der Waals surface area contributed by atoms with Crippen molar-refractivity contribution >= 4 is 12.3 Å². The van der Waals surface area contributed by atoms with Crippen LogP contribution in [0.5, 0.6) is 0 Å². The van der Waals surface area contributed by atoms with Gasteiger partial charge in [-0.1, -0.05) is 69.0 Å². The van der Waals surface area contributed by atoms with E-state index in [1.807, 2.05) is 30.3 Å². The van der Waals surface area contributed by atoms with Crippen LogP contribution in [0, 0.1) is 17.8 Å². The fourth-order valence-electron chi connectivity index (χ4n) is 2.39. The van der Waals surface area contributed by atoms with Gasteiger partial charge in [-0.15, -0.1) is 5.92 Å². The Morgan fingerprint density at radius 2 is 2.00 bits per heavy atom. The number of aliphatic hydroxyl groups is 1. The van der Waals surface area contributed by atoms with Gasteiger partial charge in [-0.25, -0.2) is 0 Å². The van der Waals surface area contributed by atoms with Crippen LogP contribution in [-0.4, -0.2) is 23.5 Å². The number of carbonyl (C=O) groups excluding carboxylic acids is 2. The lowest BCUT2D eigenvalue weighted by Gasteiger charge is -2.13. The molecule has 0 aromatic heterocycles. The molecule has 0 heterocycles. The number of ketones is 1. The molecule has 0 saturated heterocycles. The standard InChI is InChI=1S/C22H28O4/c1-3-4-5-6-10-14-20(24)18(2)21(25)15-11-16-22(26-17-23)19-12-8-7-9-13-19/h7-9,11-13,15,17-18,20,22,24H,3-6,16H2,1-2H3/b15-11+/t18-,20-,22+/m1/s1. The summed E-state index contributed by atoms with van der Waals surface area (Å²) >= 11 is 0. The third-order valence-corrected chi connectivity index (χ3v) is 4.10. The van der Waals surface area contributed by atoms with E-state index in [-0.39, 0.29) is 5.78 Å². The van der Waals surface area contributed by atoms with Crippen LogP contribution in [0.25, 0.3) is 0 Å². The van der Waals surface area contributed by atoms with E-state index >= 15 is 0 Å². The lowest BCUT2D eigenvalue weighted by Crippen LogP contribution is -2.22. The van der Waals surface area contributed by atoms with Crippen LogP contribution in [0.4, 0.5) is 0 Å². The van der Waals surface area contributed by atoms with E-state index in [4.69, 9.17) is 4.74 Å². The molecular weight excluding hydrogens is 328 g/mol. The number of allylic oxidation sites excluding steroid dienone is 1. The molecule has 4 heteroatoms. The van der Waals surface area contributed by atoms with E-state index in [0.29, 0.717) is 12.9 Å². The lowest BCUT2D eigenvalue weighted by atomic mass is 9.98. The largest absolute Gasteiger partial charge is 0.459 e. The van der Waals surface area contributed by atoms with Crippen LogP contribution in [0.1, 0.15) is 57.6 Å². The van der Waals surface area contributed by atoms with Crippen LogP contribution in [-0.2, 0) is 14.3 Å². The van der Waals surface area contributed by atoms with Crippen LogP contribution in [0.2, 0.25) is 0 Å². The van der Waals surface area contributed by atoms with Gasteiger partial charge in [0.1, 0.15) is 12.2 Å². The van der Waals surface area contributed by atoms with Crippen molar-refractivity contribution in [1.82, 2.24) is 0 Å². The van der Waals surface area contributed by atoms with E-state index < -0.39 is 18.1 Å². The SMILES string of the molecule is CCCCCC#C[C@@H](O)[C@@H](C)C(=O)/C=C/C[C@H](OC=O)c1ccccc1. The van der Waals surface area contributed by atoms with Crippen LogP contribution >= 0.6 is 0 Å². The van der Waals surface area contributed by atoms with Crippen molar-refractivity contribution in [2.75, 3.05) is 0 Å². The summed E-state index contributed by atoms with van der Waals surface area (Å²) in [5, 5.41) is 10.0. The van der Waals surface area contributed by atoms with E-state index in [1.165, 1.54) is 6.08 Å². The number of rotatable bonds is 11. The fraction of sp³-hybridized carbons (Fsp3) is 0.455. The summed E-state index contributed by atoms with van der Waals surface area (Å²) < 4.78 is 5.09. The fourth-order valence-corrected chi connectivity index (χ4v) is 2.39. The van der Waals surface area contributed by atoms with E-state index in [0.717, 1.165) is 31.2 Å². The highest BCUT2D eigenvalue weighted by atomic mass is 16.5. The van der Waals surface area contributed by atoms with Crippen LogP contribution in [0.3, 0.4) is 0 Å². The summed E-state index contributed by atoms with van der Waals surface area (Å²) in [6.07, 6.45) is 6.08. The van der Waals surface area contributed by atoms with Crippen molar-refractivity contribution in [2.24, 2.45) is 5.92 Å². The predicted octanol–water partition coefficient (Wildman–Crippen LogP) is 4.00. The first-order valence-corrected chi connectivity index (χ1v) is 9.11. The van der Waals surface area contributed by atoms with Gasteiger partial charge in [0.05, 0.1) is 5.92 Å². The first-order chi connectivity index (χ1) is 12.6. The molecule has 1 rings (SSSR count). The lowest BCUT2D eigenvalue weighted by molar-refractivity contribution is -0.133. The summed E-state index contributed by atoms with van der Waals surface area (Å²) in [5.74, 6) is 4.89. The zero-order valence-electron chi connectivity index (χ0n) is 15.6. The summed E-state index contributed by atoms with van der Waals surface area (Å²) in [6, 6.07) is 9.34. The highest BCUT2D eigenvalue weighted by molar-refractivity contribution is 5.92. The summed E-state index contributed by atoms with van der Waals surface area (Å²) in [6.45, 7) is 4.19. The topological polar surface area (TPSA) is 63.6 Å². The smallest absolute Gasteiger partial charge is 0.293 e. The average molecular weight is 356 g/mol. The Bertz CT molecular complexity index is 625. The van der Waals surface area contributed by atoms with Gasteiger partial charge >= 0.3 is 0 Å². The minimum Gasteiger partial charge on any atom is -0.459 e. The summed E-state index contributed by atoms with van der Waals surface area (Å²) in [5.41, 5.74) is 0.864. The molecule has 1 N–H and O–H groups in total. The van der Waals surface area contributed by atoms with Gasteiger partial charge in [0.25, 0.3) is 6.47 Å². The number of unbranched alkanes of at least 4 members (excludes halogenated alkanes) is 3. The summed E-state index contributed by atoms with van der Waals surface area (Å²) in [7, 11) is 0. The van der Waals surface area contributed by atoms with E-state index in [1.54, 1.807) is 13.0 Å². The first kappa shape index (κ1) is 21.7. The molecule has 3 atom stereocenters. The van der Waals surface area contributed by atoms with E-state index in [2.05, 4.69) is 18.8 Å². The number of aliphatic hydroxyl groups excluding tert-OH is 1. The van der Waals surface area contributed by atoms with Crippen molar-refractivity contribution in [1.29, 1.82) is 0 Å². The Balaban J connectivity index is 2.54. The zero-order valence-corrected chi connectivity index (χ0v) is 15.6. The van der Waals surface area contributed by atoms with Crippen molar-refractivity contribution in [2.45, 2.75) is 58.2 Å². The second kappa shape index (κ2) is 12.9. The minimum absolute atomic E-state index is 0.196. The number of hydrogen-bond acceptors (Lipinski definition) is 4. The molecule has 1 aromatic rings. The van der Waals surface area contributed by atoms with Crippen LogP contribution < -0.4 is 0 Å². The quantitative estimate of drug-likeness (QED) is 0.282. The second-order valence-electron chi connectivity index (χ2n) is 6.18. The Morgan fingerprint density at radius 1 is 1.27 bits per heavy atom. The molecule has 0 aliphatic rings. The minimum atomic E-state index is -0.968. The average Bonchev–Trinajstić information content (AvgIpc) is 2.67. The van der Waals surface area contributed by atoms with Gasteiger partial charge in [0, 0.05) is 12.8 Å². The highest BCUT2D eigenvalue weighted by Crippen LogP contribution is 2.20. The number of carbonyl (C=O) groups is 2. The number of hydrogen-bond donors (Lipinski definition) is 1. The normalized spacial score (nSPS) is 14.1. The van der Waals surface area contributed by atoms with Crippen molar-refractivity contribution in [3.05, 3.63) is 48.0 Å². The molecule has 0 amide bonds. The Morgan fingerprint density at radius 3 is 2.65 bits per heavy atom. The van der Waals surface area contributed by atoms with E-state index in [9.17, 15) is 14.7 Å². The molecule has 26 heavy (non-hydrogen) atoms. The third kappa shape index (κ3) is 8.13. The maximum Gasteiger partial charge on any atom is 0.293 e. The Kier molecular flexibility index (Phi) is 10.8. The van der Waals surface area contributed by atoms with Crippen molar-refractivity contribution < 1.29 is 19.4 Å². The zero-order chi connectivity index (χ0) is 19.2. The molecular formula is C22H28O4. The van der Waals surface area contributed by atoms with Crippen molar-refractivity contribution in [3.63, 3.8) is 0 Å². The second-order valence-corrected chi connectivity index (χ2v) is 6.18. The van der Waals surface area contributed by atoms with Gasteiger partial charge < -0.3 is 9.84 Å². The molecule has 0 spiro atoms. The van der Waals surface area contributed by atoms with Gasteiger partial charge in [-0.05, 0) is 18.1 Å². The molecule has 4 nitrogen and oxygen atoms in total. The number of benzene rings is 1. The Hall–Kier alpha value is -2.38. The molecule has 0 unspecified atom stereocenters. The molecule has 0 bridgehead atoms. The maximum absolute atomic E-state index is 12.2. The Labute approximate surface area is 156 Å². The maximum atomic E-state index is 12.2. The first-order valence-electron chi connectivity index (χ1n) is 9.11. The molecule has 1 aromatic carbocycles. The summed E-state index contributed by atoms with van der Waals surface area (Å²) in [4.78, 5) is 22.9. The van der Waals surface area contributed by atoms with Gasteiger partial charge in [0.2, 0.25) is 0 Å². The predicted molar refractivity (Wildman–Crippen MR) is 102 cm³/mol. The highest BCUT2D eigenvalue weighted by Gasteiger charge is 2.18. The molecule has 140 valence electrons.